The topological polar surface area (TPSA) is 81.7 Å². The molecule has 0 radical (unpaired) electrons. The van der Waals surface area contributed by atoms with Crippen LogP contribution in [-0.4, -0.2) is 25.9 Å². The molecule has 0 amide bonds. The second-order valence-corrected chi connectivity index (χ2v) is 4.22. The van der Waals surface area contributed by atoms with Gasteiger partial charge >= 0.3 is 6.18 Å². The third kappa shape index (κ3) is 3.67. The van der Waals surface area contributed by atoms with Crippen LogP contribution < -0.4 is 11.3 Å². The minimum atomic E-state index is -4.25. The highest BCUT2D eigenvalue weighted by molar-refractivity contribution is 5.60. The number of alkyl halides is 3. The summed E-state index contributed by atoms with van der Waals surface area (Å²) in [6.07, 6.45) is -2.25. The number of hydrazine groups is 1. The van der Waals surface area contributed by atoms with Crippen LogP contribution in [0.4, 0.5) is 19.0 Å². The molecule has 0 aliphatic carbocycles. The number of aryl methyl sites for hydroxylation is 2. The van der Waals surface area contributed by atoms with E-state index in [1.807, 2.05) is 0 Å². The third-order valence-electron chi connectivity index (χ3n) is 2.55. The fraction of sp³-hybridized carbons (Fsp3) is 0.364. The van der Waals surface area contributed by atoms with Crippen LogP contribution in [0.15, 0.2) is 18.5 Å². The molecule has 2 rings (SSSR count). The van der Waals surface area contributed by atoms with Crippen molar-refractivity contribution in [2.45, 2.75) is 19.0 Å². The smallest absolute Gasteiger partial charge is 0.308 e. The van der Waals surface area contributed by atoms with Crippen molar-refractivity contribution in [2.24, 2.45) is 12.9 Å². The summed E-state index contributed by atoms with van der Waals surface area (Å²) in [6.45, 7) is 0. The summed E-state index contributed by atoms with van der Waals surface area (Å²) in [5, 5.41) is 3.99. The van der Waals surface area contributed by atoms with Crippen LogP contribution in [0.25, 0.3) is 11.3 Å². The predicted molar refractivity (Wildman–Crippen MR) is 66.4 cm³/mol. The lowest BCUT2D eigenvalue weighted by molar-refractivity contribution is -0.134. The summed E-state index contributed by atoms with van der Waals surface area (Å²) >= 11 is 0. The molecule has 0 atom stereocenters. The number of halogens is 3. The van der Waals surface area contributed by atoms with Gasteiger partial charge in [0.05, 0.1) is 18.3 Å². The molecular weight excluding hydrogens is 273 g/mol. The Labute approximate surface area is 112 Å². The monoisotopic (exact) mass is 286 g/mol. The molecule has 2 heterocycles. The van der Waals surface area contributed by atoms with Crippen molar-refractivity contribution in [1.82, 2.24) is 19.7 Å². The number of nitrogens with one attached hydrogen (secondary N) is 1. The van der Waals surface area contributed by atoms with Crippen molar-refractivity contribution < 1.29 is 13.2 Å². The molecule has 3 N–H and O–H groups in total. The Kier molecular flexibility index (Phi) is 3.89. The van der Waals surface area contributed by atoms with E-state index < -0.39 is 12.6 Å². The molecule has 0 saturated heterocycles. The second-order valence-electron chi connectivity index (χ2n) is 4.22. The first-order valence-corrected chi connectivity index (χ1v) is 5.78. The van der Waals surface area contributed by atoms with Crippen molar-refractivity contribution >= 4 is 5.82 Å². The van der Waals surface area contributed by atoms with Crippen LogP contribution in [0, 0.1) is 0 Å². The number of anilines is 1. The Morgan fingerprint density at radius 3 is 2.65 bits per heavy atom. The summed E-state index contributed by atoms with van der Waals surface area (Å²) < 4.78 is 38.3. The first kappa shape index (κ1) is 14.3. The fourth-order valence-electron chi connectivity index (χ4n) is 1.64. The van der Waals surface area contributed by atoms with E-state index in [4.69, 9.17) is 5.84 Å². The Hall–Kier alpha value is -2.16. The molecule has 0 bridgehead atoms. The SMILES string of the molecule is Cn1cc(-c2cc(NN)nc(CCC(F)(F)F)n2)cn1. The van der Waals surface area contributed by atoms with Gasteiger partial charge in [-0.2, -0.15) is 18.3 Å². The summed E-state index contributed by atoms with van der Waals surface area (Å²) in [5.41, 5.74) is 3.47. The quantitative estimate of drug-likeness (QED) is 0.660. The van der Waals surface area contributed by atoms with E-state index >= 15 is 0 Å². The predicted octanol–water partition coefficient (Wildman–Crippen LogP) is 1.66. The Bertz CT molecular complexity index is 592. The van der Waals surface area contributed by atoms with Gasteiger partial charge in [-0.05, 0) is 0 Å². The van der Waals surface area contributed by atoms with Crippen LogP contribution in [0.5, 0.6) is 0 Å². The van der Waals surface area contributed by atoms with Crippen molar-refractivity contribution in [3.63, 3.8) is 0 Å². The average Bonchev–Trinajstić information content (AvgIpc) is 2.82. The number of hydrogen-bond donors (Lipinski definition) is 2. The van der Waals surface area contributed by atoms with Crippen LogP contribution in [0.1, 0.15) is 12.2 Å². The standard InChI is InChI=1S/C11H13F3N6/c1-20-6-7(5-16-20)8-4-10(19-15)18-9(17-8)2-3-11(12,13)14/h4-6H,2-3,15H2,1H3,(H,17,18,19). The molecule has 108 valence electrons. The maximum Gasteiger partial charge on any atom is 0.389 e. The van der Waals surface area contributed by atoms with E-state index in [0.717, 1.165) is 0 Å². The summed E-state index contributed by atoms with van der Waals surface area (Å²) in [5.74, 6) is 5.61. The zero-order valence-electron chi connectivity index (χ0n) is 10.6. The van der Waals surface area contributed by atoms with Crippen LogP contribution in [0.3, 0.4) is 0 Å². The Morgan fingerprint density at radius 2 is 2.10 bits per heavy atom. The number of nitrogen functional groups attached to an aromatic ring is 1. The van der Waals surface area contributed by atoms with Crippen molar-refractivity contribution in [1.29, 1.82) is 0 Å². The number of aromatic nitrogens is 4. The molecule has 0 aliphatic rings. The van der Waals surface area contributed by atoms with Gasteiger partial charge in [-0.1, -0.05) is 0 Å². The van der Waals surface area contributed by atoms with Crippen molar-refractivity contribution in [2.75, 3.05) is 5.43 Å². The summed E-state index contributed by atoms with van der Waals surface area (Å²) in [4.78, 5) is 8.02. The lowest BCUT2D eigenvalue weighted by Crippen LogP contribution is -2.13. The third-order valence-corrected chi connectivity index (χ3v) is 2.55. The van der Waals surface area contributed by atoms with E-state index in [1.54, 1.807) is 30.2 Å². The molecule has 0 spiro atoms. The normalized spacial score (nSPS) is 11.7. The highest BCUT2D eigenvalue weighted by atomic mass is 19.4. The largest absolute Gasteiger partial charge is 0.389 e. The molecule has 0 unspecified atom stereocenters. The molecule has 2 aromatic rings. The van der Waals surface area contributed by atoms with Crippen molar-refractivity contribution in [3.05, 3.63) is 24.3 Å². The summed E-state index contributed by atoms with van der Waals surface area (Å²) in [6, 6.07) is 1.55. The molecule has 9 heteroatoms. The Balaban J connectivity index is 2.29. The highest BCUT2D eigenvalue weighted by Crippen LogP contribution is 2.23. The van der Waals surface area contributed by atoms with Gasteiger partial charge in [0.1, 0.15) is 11.6 Å². The molecule has 0 aromatic carbocycles. The molecule has 2 aromatic heterocycles. The number of rotatable bonds is 4. The average molecular weight is 286 g/mol. The first-order chi connectivity index (χ1) is 9.37. The van der Waals surface area contributed by atoms with Gasteiger partial charge in [-0.3, -0.25) is 4.68 Å². The second kappa shape index (κ2) is 5.45. The maximum absolute atomic E-state index is 12.2. The highest BCUT2D eigenvalue weighted by Gasteiger charge is 2.27. The van der Waals surface area contributed by atoms with Crippen LogP contribution in [-0.2, 0) is 13.5 Å². The zero-order valence-corrected chi connectivity index (χ0v) is 10.6. The molecule has 0 saturated carbocycles. The van der Waals surface area contributed by atoms with E-state index in [1.165, 1.54) is 0 Å². The molecule has 0 aliphatic heterocycles. The number of hydrogen-bond acceptors (Lipinski definition) is 5. The summed E-state index contributed by atoms with van der Waals surface area (Å²) in [7, 11) is 1.73. The van der Waals surface area contributed by atoms with Gasteiger partial charge in [0.25, 0.3) is 0 Å². The number of nitrogens with two attached hydrogens (primary N) is 1. The first-order valence-electron chi connectivity index (χ1n) is 5.78. The molecule has 6 nitrogen and oxygen atoms in total. The van der Waals surface area contributed by atoms with Gasteiger partial charge in [-0.25, -0.2) is 15.8 Å². The van der Waals surface area contributed by atoms with Crippen LogP contribution >= 0.6 is 0 Å². The number of nitrogens with zero attached hydrogens (tertiary/aromatic N) is 4. The minimum Gasteiger partial charge on any atom is -0.308 e. The van der Waals surface area contributed by atoms with E-state index in [-0.39, 0.29) is 18.1 Å². The lowest BCUT2D eigenvalue weighted by atomic mass is 10.2. The van der Waals surface area contributed by atoms with Gasteiger partial charge in [0, 0.05) is 31.3 Å². The van der Waals surface area contributed by atoms with Crippen molar-refractivity contribution in [3.8, 4) is 11.3 Å². The fourth-order valence-corrected chi connectivity index (χ4v) is 1.64. The lowest BCUT2D eigenvalue weighted by Gasteiger charge is -2.08. The Morgan fingerprint density at radius 1 is 1.35 bits per heavy atom. The van der Waals surface area contributed by atoms with Gasteiger partial charge in [0.2, 0.25) is 0 Å². The zero-order chi connectivity index (χ0) is 14.8. The molecular formula is C11H13F3N6. The van der Waals surface area contributed by atoms with Gasteiger partial charge in [-0.15, -0.1) is 0 Å². The van der Waals surface area contributed by atoms with E-state index in [9.17, 15) is 13.2 Å². The maximum atomic E-state index is 12.2. The minimum absolute atomic E-state index is 0.0802. The molecule has 0 fully saturated rings. The van der Waals surface area contributed by atoms with Gasteiger partial charge in [0.15, 0.2) is 0 Å². The molecule has 20 heavy (non-hydrogen) atoms. The van der Waals surface area contributed by atoms with E-state index in [0.29, 0.717) is 11.3 Å². The van der Waals surface area contributed by atoms with Crippen LogP contribution in [0.2, 0.25) is 0 Å². The van der Waals surface area contributed by atoms with Gasteiger partial charge < -0.3 is 5.43 Å². The van der Waals surface area contributed by atoms with E-state index in [2.05, 4.69) is 20.5 Å².